The van der Waals surface area contributed by atoms with Crippen LogP contribution in [0.3, 0.4) is 0 Å². The van der Waals surface area contributed by atoms with Crippen molar-refractivity contribution in [3.05, 3.63) is 35.4 Å². The number of fused-ring (bicyclic) bond motifs is 2. The Morgan fingerprint density at radius 1 is 1.35 bits per heavy atom. The standard InChI is InChI=1S/C18H20N2O3/c1-18(2)13-5-3-12(14(18)8-13)9-19-20-17(21)11-4-6-15-16(7-11)23-10-22-15/h3-4,6-7,9,13-14H,5,8,10H2,1-2H3,(H,20,21)/b19-9-/t13-,14+/m0/s1. The molecule has 5 rings (SSSR count). The van der Waals surface area contributed by atoms with E-state index in [1.54, 1.807) is 24.4 Å². The molecule has 1 aliphatic heterocycles. The summed E-state index contributed by atoms with van der Waals surface area (Å²) in [5.74, 6) is 2.38. The third-order valence-corrected chi connectivity index (χ3v) is 5.53. The predicted molar refractivity (Wildman–Crippen MR) is 86.6 cm³/mol. The van der Waals surface area contributed by atoms with Crippen LogP contribution in [0.2, 0.25) is 0 Å². The molecule has 1 heterocycles. The summed E-state index contributed by atoms with van der Waals surface area (Å²) in [6.07, 6.45) is 6.40. The van der Waals surface area contributed by atoms with Gasteiger partial charge in [0, 0.05) is 5.56 Å². The number of hydrazone groups is 1. The highest BCUT2D eigenvalue weighted by molar-refractivity contribution is 5.95. The third-order valence-electron chi connectivity index (χ3n) is 5.53. The molecule has 1 amide bonds. The number of hydrogen-bond acceptors (Lipinski definition) is 4. The quantitative estimate of drug-likeness (QED) is 0.689. The molecule has 0 radical (unpaired) electrons. The lowest BCUT2D eigenvalue weighted by Crippen LogP contribution is -2.48. The van der Waals surface area contributed by atoms with Gasteiger partial charge in [-0.15, -0.1) is 0 Å². The molecular formula is C18H20N2O3. The van der Waals surface area contributed by atoms with Crippen LogP contribution in [0.4, 0.5) is 0 Å². The first-order valence-corrected chi connectivity index (χ1v) is 7.99. The molecule has 0 aromatic heterocycles. The Bertz CT molecular complexity index is 721. The van der Waals surface area contributed by atoms with Crippen molar-refractivity contribution in [2.75, 3.05) is 6.79 Å². The second kappa shape index (κ2) is 5.11. The number of rotatable bonds is 3. The molecule has 1 saturated carbocycles. The zero-order chi connectivity index (χ0) is 16.0. The Hall–Kier alpha value is -2.30. The van der Waals surface area contributed by atoms with E-state index in [0.717, 1.165) is 12.3 Å². The number of carbonyl (C=O) groups is 1. The molecular weight excluding hydrogens is 292 g/mol. The average Bonchev–Trinajstić information content (AvgIpc) is 3.02. The Kier molecular flexibility index (Phi) is 3.18. The van der Waals surface area contributed by atoms with Crippen LogP contribution in [0.15, 0.2) is 34.9 Å². The minimum Gasteiger partial charge on any atom is -0.454 e. The number of allylic oxidation sites excluding steroid dienone is 2. The van der Waals surface area contributed by atoms with Crippen LogP contribution in [0.1, 0.15) is 37.0 Å². The number of nitrogens with one attached hydrogen (secondary N) is 1. The van der Waals surface area contributed by atoms with Crippen LogP contribution in [0.5, 0.6) is 11.5 Å². The van der Waals surface area contributed by atoms with Gasteiger partial charge in [0.05, 0.1) is 6.21 Å². The van der Waals surface area contributed by atoms with Gasteiger partial charge >= 0.3 is 0 Å². The average molecular weight is 312 g/mol. The van der Waals surface area contributed by atoms with E-state index in [-0.39, 0.29) is 12.7 Å². The second-order valence-corrected chi connectivity index (χ2v) is 7.01. The van der Waals surface area contributed by atoms with Crippen molar-refractivity contribution in [2.24, 2.45) is 22.4 Å². The fraction of sp³-hybridized carbons (Fsp3) is 0.444. The summed E-state index contributed by atoms with van der Waals surface area (Å²) in [5.41, 5.74) is 4.70. The van der Waals surface area contributed by atoms with E-state index < -0.39 is 0 Å². The maximum absolute atomic E-state index is 12.2. The zero-order valence-electron chi connectivity index (χ0n) is 13.3. The van der Waals surface area contributed by atoms with Gasteiger partial charge in [0.2, 0.25) is 6.79 Å². The van der Waals surface area contributed by atoms with E-state index >= 15 is 0 Å². The molecule has 5 heteroatoms. The number of nitrogens with zero attached hydrogens (tertiary/aromatic N) is 1. The van der Waals surface area contributed by atoms with E-state index in [4.69, 9.17) is 9.47 Å². The van der Waals surface area contributed by atoms with Gasteiger partial charge in [-0.3, -0.25) is 4.79 Å². The van der Waals surface area contributed by atoms with Crippen LogP contribution in [0, 0.1) is 17.3 Å². The first-order chi connectivity index (χ1) is 11.1. The molecule has 0 unspecified atom stereocenters. The number of hydrogen-bond donors (Lipinski definition) is 1. The summed E-state index contributed by atoms with van der Waals surface area (Å²) >= 11 is 0. The molecule has 5 nitrogen and oxygen atoms in total. The van der Waals surface area contributed by atoms with Crippen molar-refractivity contribution < 1.29 is 14.3 Å². The lowest BCUT2D eigenvalue weighted by Gasteiger charge is -2.55. The van der Waals surface area contributed by atoms with E-state index in [1.165, 1.54) is 12.0 Å². The van der Waals surface area contributed by atoms with Gasteiger partial charge in [-0.2, -0.15) is 5.10 Å². The van der Waals surface area contributed by atoms with E-state index in [2.05, 4.69) is 30.5 Å². The van der Waals surface area contributed by atoms with Crippen molar-refractivity contribution >= 4 is 12.1 Å². The van der Waals surface area contributed by atoms with Crippen molar-refractivity contribution in [1.29, 1.82) is 0 Å². The van der Waals surface area contributed by atoms with Crippen LogP contribution < -0.4 is 14.9 Å². The Morgan fingerprint density at radius 3 is 2.96 bits per heavy atom. The number of amides is 1. The van der Waals surface area contributed by atoms with E-state index in [0.29, 0.717) is 28.4 Å². The minimum atomic E-state index is -0.248. The predicted octanol–water partition coefficient (Wildman–Crippen LogP) is 3.12. The minimum absolute atomic E-state index is 0.199. The highest BCUT2D eigenvalue weighted by Crippen LogP contribution is 2.58. The van der Waals surface area contributed by atoms with E-state index in [1.807, 2.05) is 0 Å². The van der Waals surface area contributed by atoms with Crippen LogP contribution in [-0.4, -0.2) is 18.9 Å². The fourth-order valence-corrected chi connectivity index (χ4v) is 3.81. The normalized spacial score (nSPS) is 26.6. The fourth-order valence-electron chi connectivity index (χ4n) is 3.81. The molecule has 120 valence electrons. The van der Waals surface area contributed by atoms with Gasteiger partial charge in [-0.25, -0.2) is 5.43 Å². The van der Waals surface area contributed by atoms with Gasteiger partial charge in [0.25, 0.3) is 5.91 Å². The summed E-state index contributed by atoms with van der Waals surface area (Å²) < 4.78 is 10.5. The molecule has 3 aliphatic carbocycles. The highest BCUT2D eigenvalue weighted by atomic mass is 16.7. The van der Waals surface area contributed by atoms with Crippen molar-refractivity contribution in [2.45, 2.75) is 26.7 Å². The molecule has 1 N–H and O–H groups in total. The van der Waals surface area contributed by atoms with Gasteiger partial charge in [0.1, 0.15) is 0 Å². The van der Waals surface area contributed by atoms with Crippen LogP contribution in [-0.2, 0) is 0 Å². The number of benzene rings is 1. The molecule has 0 spiro atoms. The molecule has 1 aromatic rings. The van der Waals surface area contributed by atoms with Gasteiger partial charge in [0.15, 0.2) is 11.5 Å². The summed E-state index contributed by atoms with van der Waals surface area (Å²) in [7, 11) is 0. The molecule has 1 aromatic carbocycles. The Morgan fingerprint density at radius 2 is 2.17 bits per heavy atom. The first-order valence-electron chi connectivity index (χ1n) is 7.99. The maximum atomic E-state index is 12.2. The molecule has 0 saturated heterocycles. The van der Waals surface area contributed by atoms with Gasteiger partial charge in [-0.05, 0) is 53.9 Å². The monoisotopic (exact) mass is 312 g/mol. The summed E-state index contributed by atoms with van der Waals surface area (Å²) in [4.78, 5) is 12.2. The van der Waals surface area contributed by atoms with E-state index in [9.17, 15) is 4.79 Å². The van der Waals surface area contributed by atoms with Crippen LogP contribution in [0.25, 0.3) is 0 Å². The molecule has 1 fully saturated rings. The molecule has 4 aliphatic rings. The van der Waals surface area contributed by atoms with Crippen molar-refractivity contribution in [3.63, 3.8) is 0 Å². The highest BCUT2D eigenvalue weighted by Gasteiger charge is 2.50. The van der Waals surface area contributed by atoms with Crippen molar-refractivity contribution in [1.82, 2.24) is 5.43 Å². The second-order valence-electron chi connectivity index (χ2n) is 7.01. The number of carbonyl (C=O) groups excluding carboxylic acids is 1. The Balaban J connectivity index is 1.41. The lowest BCUT2D eigenvalue weighted by atomic mass is 9.49. The Labute approximate surface area is 135 Å². The summed E-state index contributed by atoms with van der Waals surface area (Å²) in [5, 5.41) is 4.14. The summed E-state index contributed by atoms with van der Waals surface area (Å²) in [6.45, 7) is 4.83. The smallest absolute Gasteiger partial charge is 0.271 e. The topological polar surface area (TPSA) is 59.9 Å². The molecule has 2 atom stereocenters. The van der Waals surface area contributed by atoms with Crippen LogP contribution >= 0.6 is 0 Å². The van der Waals surface area contributed by atoms with Gasteiger partial charge in [-0.1, -0.05) is 19.9 Å². The largest absolute Gasteiger partial charge is 0.454 e. The lowest BCUT2D eigenvalue weighted by molar-refractivity contribution is -0.00126. The molecule has 2 bridgehead atoms. The SMILES string of the molecule is CC1(C)[C@H]2CC=C(/C=N\NC(=O)c3ccc4c(c3)OCO4)[C@H]1C2. The summed E-state index contributed by atoms with van der Waals surface area (Å²) in [6, 6.07) is 5.12. The van der Waals surface area contributed by atoms with Gasteiger partial charge < -0.3 is 9.47 Å². The maximum Gasteiger partial charge on any atom is 0.271 e. The molecule has 23 heavy (non-hydrogen) atoms. The third kappa shape index (κ3) is 2.31. The first kappa shape index (κ1) is 14.3. The zero-order valence-corrected chi connectivity index (χ0v) is 13.3. The number of ether oxygens (including phenoxy) is 2. The van der Waals surface area contributed by atoms with Crippen molar-refractivity contribution in [3.8, 4) is 11.5 Å².